The molecule has 0 fully saturated rings. The molecule has 1 aliphatic rings. The Morgan fingerprint density at radius 3 is 2.68 bits per heavy atom. The molecule has 5 nitrogen and oxygen atoms in total. The first-order valence-corrected chi connectivity index (χ1v) is 6.45. The van der Waals surface area contributed by atoms with Crippen molar-refractivity contribution in [3.63, 3.8) is 0 Å². The van der Waals surface area contributed by atoms with Gasteiger partial charge in [0.15, 0.2) is 17.8 Å². The lowest BCUT2D eigenvalue weighted by atomic mass is 9.80. The number of benzene rings is 1. The van der Waals surface area contributed by atoms with Crippen molar-refractivity contribution in [2.75, 3.05) is 6.79 Å². The zero-order valence-corrected chi connectivity index (χ0v) is 12.1. The predicted octanol–water partition coefficient (Wildman–Crippen LogP) is 2.74. The second kappa shape index (κ2) is 4.85. The maximum absolute atomic E-state index is 11.0. The summed E-state index contributed by atoms with van der Waals surface area (Å²) < 4.78 is 11.4. The van der Waals surface area contributed by atoms with Gasteiger partial charge in [-0.05, 0) is 6.07 Å². The Bertz CT molecular complexity index is 550. The summed E-state index contributed by atoms with van der Waals surface area (Å²) in [6.07, 6.45) is 0.633. The van der Waals surface area contributed by atoms with Crippen molar-refractivity contribution < 1.29 is 24.2 Å². The molecule has 0 atom stereocenters. The summed E-state index contributed by atoms with van der Waals surface area (Å²) in [5.41, 5.74) is 0.436. The number of ether oxygens (including phenoxy) is 2. The summed E-state index contributed by atoms with van der Waals surface area (Å²) in [6.45, 7) is 3.65. The molecule has 0 aliphatic carbocycles. The van der Waals surface area contributed by atoms with Crippen LogP contribution in [-0.2, 0) is 10.2 Å². The first-order chi connectivity index (χ1) is 8.86. The SMILES string of the molecule is CC(C)(CC(=O)O)c1c(Br)cc(C=O)c2c1OCO2. The van der Waals surface area contributed by atoms with E-state index in [-0.39, 0.29) is 13.2 Å². The predicted molar refractivity (Wildman–Crippen MR) is 70.9 cm³/mol. The number of carboxylic acid groups (broad SMARTS) is 1. The van der Waals surface area contributed by atoms with E-state index in [1.54, 1.807) is 6.07 Å². The standard InChI is InChI=1S/C13H13BrO5/c1-13(2,4-9(16)17)10-8(14)3-7(5-15)11-12(10)19-6-18-11/h3,5H,4,6H2,1-2H3,(H,16,17). The Labute approximate surface area is 118 Å². The maximum Gasteiger partial charge on any atom is 0.304 e. The molecule has 1 aromatic rings. The van der Waals surface area contributed by atoms with E-state index in [1.807, 2.05) is 13.8 Å². The van der Waals surface area contributed by atoms with Gasteiger partial charge < -0.3 is 14.6 Å². The van der Waals surface area contributed by atoms with Crippen molar-refractivity contribution in [3.05, 3.63) is 21.7 Å². The van der Waals surface area contributed by atoms with Gasteiger partial charge in [-0.1, -0.05) is 29.8 Å². The molecule has 0 spiro atoms. The highest BCUT2D eigenvalue weighted by molar-refractivity contribution is 9.10. The van der Waals surface area contributed by atoms with Gasteiger partial charge in [-0.25, -0.2) is 0 Å². The second-order valence-corrected chi connectivity index (χ2v) is 5.81. The van der Waals surface area contributed by atoms with Crippen molar-refractivity contribution in [2.24, 2.45) is 0 Å². The fourth-order valence-electron chi connectivity index (χ4n) is 2.25. The molecule has 2 rings (SSSR count). The van der Waals surface area contributed by atoms with Crippen LogP contribution in [0.4, 0.5) is 0 Å². The number of rotatable bonds is 4. The van der Waals surface area contributed by atoms with Crippen LogP contribution < -0.4 is 9.47 Å². The number of carbonyl (C=O) groups excluding carboxylic acids is 1. The van der Waals surface area contributed by atoms with Gasteiger partial charge in [-0.2, -0.15) is 0 Å². The van der Waals surface area contributed by atoms with Crippen LogP contribution in [0.2, 0.25) is 0 Å². The Hall–Kier alpha value is -1.56. The van der Waals surface area contributed by atoms with E-state index < -0.39 is 11.4 Å². The topological polar surface area (TPSA) is 72.8 Å². The van der Waals surface area contributed by atoms with Crippen LogP contribution in [0.1, 0.15) is 36.2 Å². The lowest BCUT2D eigenvalue weighted by Crippen LogP contribution is -2.23. The van der Waals surface area contributed by atoms with Crippen LogP contribution in [-0.4, -0.2) is 24.2 Å². The first-order valence-electron chi connectivity index (χ1n) is 5.66. The van der Waals surface area contributed by atoms with Crippen molar-refractivity contribution in [1.82, 2.24) is 0 Å². The number of fused-ring (bicyclic) bond motifs is 1. The minimum atomic E-state index is -0.899. The van der Waals surface area contributed by atoms with Crippen LogP contribution in [0.5, 0.6) is 11.5 Å². The zero-order chi connectivity index (χ0) is 14.2. The van der Waals surface area contributed by atoms with Crippen molar-refractivity contribution in [1.29, 1.82) is 0 Å². The Kier molecular flexibility index (Phi) is 3.54. The van der Waals surface area contributed by atoms with E-state index in [0.717, 1.165) is 0 Å². The van der Waals surface area contributed by atoms with E-state index in [4.69, 9.17) is 14.6 Å². The third-order valence-electron chi connectivity index (χ3n) is 3.02. The molecule has 1 aromatic carbocycles. The molecule has 0 radical (unpaired) electrons. The number of hydrogen-bond acceptors (Lipinski definition) is 4. The van der Waals surface area contributed by atoms with E-state index in [2.05, 4.69) is 15.9 Å². The van der Waals surface area contributed by atoms with Crippen molar-refractivity contribution >= 4 is 28.2 Å². The van der Waals surface area contributed by atoms with Crippen LogP contribution >= 0.6 is 15.9 Å². The molecule has 6 heteroatoms. The maximum atomic E-state index is 11.0. The van der Waals surface area contributed by atoms with Crippen LogP contribution in [0.3, 0.4) is 0 Å². The highest BCUT2D eigenvalue weighted by Gasteiger charge is 2.35. The Morgan fingerprint density at radius 1 is 1.47 bits per heavy atom. The lowest BCUT2D eigenvalue weighted by Gasteiger charge is -2.26. The summed E-state index contributed by atoms with van der Waals surface area (Å²) in [6, 6.07) is 1.62. The number of hydrogen-bond donors (Lipinski definition) is 1. The van der Waals surface area contributed by atoms with Gasteiger partial charge in [0, 0.05) is 15.5 Å². The van der Waals surface area contributed by atoms with E-state index in [9.17, 15) is 9.59 Å². The molecule has 0 bridgehead atoms. The molecule has 0 saturated carbocycles. The lowest BCUT2D eigenvalue weighted by molar-refractivity contribution is -0.138. The number of carboxylic acids is 1. The molecule has 0 saturated heterocycles. The molecule has 1 aliphatic heterocycles. The fraction of sp³-hybridized carbons (Fsp3) is 0.385. The van der Waals surface area contributed by atoms with Gasteiger partial charge in [-0.15, -0.1) is 0 Å². The van der Waals surface area contributed by atoms with Gasteiger partial charge in [0.1, 0.15) is 0 Å². The van der Waals surface area contributed by atoms with Gasteiger partial charge >= 0.3 is 5.97 Å². The van der Waals surface area contributed by atoms with Crippen molar-refractivity contribution in [2.45, 2.75) is 25.7 Å². The normalized spacial score (nSPS) is 13.4. The molecule has 19 heavy (non-hydrogen) atoms. The van der Waals surface area contributed by atoms with E-state index in [0.29, 0.717) is 33.4 Å². The molecule has 0 aromatic heterocycles. The average Bonchev–Trinajstić information content (AvgIpc) is 2.73. The fourth-order valence-corrected chi connectivity index (χ4v) is 3.21. The highest BCUT2D eigenvalue weighted by Crippen LogP contribution is 2.48. The second-order valence-electron chi connectivity index (χ2n) is 4.96. The summed E-state index contributed by atoms with van der Waals surface area (Å²) in [5, 5.41) is 9.01. The highest BCUT2D eigenvalue weighted by atomic mass is 79.9. The summed E-state index contributed by atoms with van der Waals surface area (Å²) >= 11 is 3.38. The van der Waals surface area contributed by atoms with Crippen molar-refractivity contribution in [3.8, 4) is 11.5 Å². The van der Waals surface area contributed by atoms with Gasteiger partial charge in [0.25, 0.3) is 0 Å². The van der Waals surface area contributed by atoms with E-state index >= 15 is 0 Å². The Balaban J connectivity index is 2.61. The molecule has 1 N–H and O–H groups in total. The average molecular weight is 329 g/mol. The number of carbonyl (C=O) groups is 2. The summed E-state index contributed by atoms with van der Waals surface area (Å²) in [7, 11) is 0. The van der Waals surface area contributed by atoms with Crippen LogP contribution in [0.25, 0.3) is 0 Å². The third kappa shape index (κ3) is 2.45. The largest absolute Gasteiger partial charge is 0.481 e. The van der Waals surface area contributed by atoms with Crippen LogP contribution in [0, 0.1) is 0 Å². The molecular weight excluding hydrogens is 316 g/mol. The van der Waals surface area contributed by atoms with Gasteiger partial charge in [0.05, 0.1) is 12.0 Å². The minimum absolute atomic E-state index is 0.0305. The summed E-state index contributed by atoms with van der Waals surface area (Å²) in [4.78, 5) is 22.0. The third-order valence-corrected chi connectivity index (χ3v) is 3.65. The Morgan fingerprint density at radius 2 is 2.11 bits per heavy atom. The van der Waals surface area contributed by atoms with E-state index in [1.165, 1.54) is 0 Å². The first kappa shape index (κ1) is 13.9. The molecular formula is C13H13BrO5. The number of aliphatic carboxylic acids is 1. The molecule has 1 heterocycles. The quantitative estimate of drug-likeness (QED) is 0.860. The van der Waals surface area contributed by atoms with Crippen LogP contribution in [0.15, 0.2) is 10.5 Å². The molecule has 0 unspecified atom stereocenters. The molecule has 102 valence electrons. The minimum Gasteiger partial charge on any atom is -0.481 e. The molecule has 0 amide bonds. The van der Waals surface area contributed by atoms with Gasteiger partial charge in [-0.3, -0.25) is 9.59 Å². The smallest absolute Gasteiger partial charge is 0.304 e. The summed E-state index contributed by atoms with van der Waals surface area (Å²) in [5.74, 6) is -0.0709. The van der Waals surface area contributed by atoms with Gasteiger partial charge in [0.2, 0.25) is 6.79 Å². The zero-order valence-electron chi connectivity index (χ0n) is 10.5. The number of aldehydes is 1. The monoisotopic (exact) mass is 328 g/mol. The number of halogens is 1.